The van der Waals surface area contributed by atoms with E-state index in [4.69, 9.17) is 5.11 Å². The molecule has 0 spiro atoms. The molecule has 1 aliphatic heterocycles. The Labute approximate surface area is 183 Å². The van der Waals surface area contributed by atoms with Gasteiger partial charge in [-0.2, -0.15) is 0 Å². The summed E-state index contributed by atoms with van der Waals surface area (Å²) >= 11 is 0. The molecular weight excluding hydrogens is 394 g/mol. The van der Waals surface area contributed by atoms with E-state index >= 15 is 0 Å². The number of anilines is 2. The molecule has 3 N–H and O–H groups in total. The molecule has 2 amide bonds. The highest BCUT2D eigenvalue weighted by atomic mass is 16.3. The summed E-state index contributed by atoms with van der Waals surface area (Å²) in [5.74, 6) is 0.600. The molecule has 0 unspecified atom stereocenters. The van der Waals surface area contributed by atoms with Crippen molar-refractivity contribution in [3.05, 3.63) is 53.7 Å². The molecular formula is C23H31N5O3. The van der Waals surface area contributed by atoms with Gasteiger partial charge in [-0.25, -0.2) is 4.98 Å². The van der Waals surface area contributed by atoms with Crippen molar-refractivity contribution in [2.45, 2.75) is 32.9 Å². The van der Waals surface area contributed by atoms with Crippen LogP contribution in [-0.4, -0.2) is 71.7 Å². The number of carbonyl (C=O) groups is 2. The number of hydrogen-bond acceptors (Lipinski definition) is 6. The van der Waals surface area contributed by atoms with E-state index in [2.05, 4.69) is 34.4 Å². The van der Waals surface area contributed by atoms with Crippen LogP contribution in [0.1, 0.15) is 41.5 Å². The van der Waals surface area contributed by atoms with Crippen LogP contribution in [-0.2, 0) is 0 Å². The predicted octanol–water partition coefficient (Wildman–Crippen LogP) is 1.97. The number of carbonyl (C=O) groups excluding carboxylic acids is 2. The summed E-state index contributed by atoms with van der Waals surface area (Å²) < 4.78 is 0. The van der Waals surface area contributed by atoms with Gasteiger partial charge in [0.2, 0.25) is 0 Å². The Morgan fingerprint density at radius 1 is 1.03 bits per heavy atom. The van der Waals surface area contributed by atoms with Gasteiger partial charge in [-0.3, -0.25) is 9.59 Å². The van der Waals surface area contributed by atoms with E-state index < -0.39 is 0 Å². The van der Waals surface area contributed by atoms with Gasteiger partial charge in [0, 0.05) is 55.6 Å². The van der Waals surface area contributed by atoms with Crippen LogP contribution in [0.4, 0.5) is 11.5 Å². The van der Waals surface area contributed by atoms with Crippen LogP contribution in [0.5, 0.6) is 0 Å². The lowest BCUT2D eigenvalue weighted by Gasteiger charge is -2.36. The minimum Gasteiger partial charge on any atom is -0.394 e. The lowest BCUT2D eigenvalue weighted by molar-refractivity contribution is 0.0746. The average Bonchev–Trinajstić information content (AvgIpc) is 2.78. The predicted molar refractivity (Wildman–Crippen MR) is 122 cm³/mol. The number of aliphatic hydroxyl groups is 1. The van der Waals surface area contributed by atoms with Crippen molar-refractivity contribution in [1.29, 1.82) is 0 Å². The Bertz CT molecular complexity index is 892. The van der Waals surface area contributed by atoms with E-state index in [1.807, 2.05) is 17.0 Å². The maximum absolute atomic E-state index is 12.9. The second-order valence-corrected chi connectivity index (χ2v) is 8.09. The number of nitrogens with one attached hydrogen (secondary N) is 2. The summed E-state index contributed by atoms with van der Waals surface area (Å²) in [6, 6.07) is 10.6. The number of amides is 2. The van der Waals surface area contributed by atoms with Crippen LogP contribution in [0, 0.1) is 0 Å². The highest BCUT2D eigenvalue weighted by molar-refractivity contribution is 5.98. The first kappa shape index (κ1) is 22.6. The van der Waals surface area contributed by atoms with Gasteiger partial charge in [-0.15, -0.1) is 0 Å². The van der Waals surface area contributed by atoms with E-state index in [-0.39, 0.29) is 24.5 Å². The van der Waals surface area contributed by atoms with Crippen molar-refractivity contribution < 1.29 is 14.7 Å². The molecule has 8 nitrogen and oxygen atoms in total. The number of piperazine rings is 1. The van der Waals surface area contributed by atoms with Crippen molar-refractivity contribution in [3.63, 3.8) is 0 Å². The number of hydrogen-bond donors (Lipinski definition) is 3. The Morgan fingerprint density at radius 2 is 1.68 bits per heavy atom. The van der Waals surface area contributed by atoms with Gasteiger partial charge in [-0.1, -0.05) is 0 Å². The highest BCUT2D eigenvalue weighted by Gasteiger charge is 2.24. The standard InChI is InChI=1S/C23H31N5O3/c1-16(2)25-20-5-4-10-24-21(20)27-11-13-28(14-12-27)23(31)19-8-6-18(7-9-19)22(30)26-17(3)15-29/h4-10,16-17,25,29H,11-15H2,1-3H3,(H,26,30)/t17-/m1/s1. The molecule has 1 atom stereocenters. The molecule has 8 heteroatoms. The minimum atomic E-state index is -0.319. The Hall–Kier alpha value is -3.13. The van der Waals surface area contributed by atoms with Gasteiger partial charge in [0.1, 0.15) is 0 Å². The van der Waals surface area contributed by atoms with E-state index in [1.165, 1.54) is 0 Å². The SMILES string of the molecule is CC(C)Nc1cccnc1N1CCN(C(=O)c2ccc(C(=O)N[C@H](C)CO)cc2)CC1. The summed E-state index contributed by atoms with van der Waals surface area (Å²) in [5, 5.41) is 15.2. The molecule has 1 aromatic heterocycles. The van der Waals surface area contributed by atoms with Crippen molar-refractivity contribution in [2.75, 3.05) is 43.0 Å². The maximum Gasteiger partial charge on any atom is 0.253 e. The van der Waals surface area contributed by atoms with Crippen molar-refractivity contribution >= 4 is 23.3 Å². The monoisotopic (exact) mass is 425 g/mol. The molecule has 2 aromatic rings. The number of rotatable bonds is 7. The van der Waals surface area contributed by atoms with Crippen molar-refractivity contribution in [1.82, 2.24) is 15.2 Å². The molecule has 0 saturated carbocycles. The lowest BCUT2D eigenvalue weighted by atomic mass is 10.1. The Kier molecular flexibility index (Phi) is 7.46. The first-order valence-corrected chi connectivity index (χ1v) is 10.7. The van der Waals surface area contributed by atoms with Gasteiger partial charge in [0.25, 0.3) is 11.8 Å². The molecule has 31 heavy (non-hydrogen) atoms. The summed E-state index contributed by atoms with van der Waals surface area (Å²) in [7, 11) is 0. The molecule has 3 rings (SSSR count). The molecule has 0 bridgehead atoms. The molecule has 1 saturated heterocycles. The molecule has 1 aromatic carbocycles. The van der Waals surface area contributed by atoms with E-state index in [9.17, 15) is 9.59 Å². The van der Waals surface area contributed by atoms with Crippen LogP contribution >= 0.6 is 0 Å². The summed E-state index contributed by atoms with van der Waals surface area (Å²) in [6.07, 6.45) is 1.79. The van der Waals surface area contributed by atoms with E-state index in [0.717, 1.165) is 11.5 Å². The highest BCUT2D eigenvalue weighted by Crippen LogP contribution is 2.25. The normalized spacial score (nSPS) is 15.0. The van der Waals surface area contributed by atoms with Gasteiger partial charge < -0.3 is 25.5 Å². The third-order valence-electron chi connectivity index (χ3n) is 5.14. The molecule has 1 fully saturated rings. The molecule has 166 valence electrons. The first-order valence-electron chi connectivity index (χ1n) is 10.7. The fourth-order valence-corrected chi connectivity index (χ4v) is 3.49. The van der Waals surface area contributed by atoms with E-state index in [0.29, 0.717) is 43.3 Å². The largest absolute Gasteiger partial charge is 0.394 e. The molecule has 0 aliphatic carbocycles. The zero-order valence-corrected chi connectivity index (χ0v) is 18.3. The number of aliphatic hydroxyl groups excluding tert-OH is 1. The second kappa shape index (κ2) is 10.3. The van der Waals surface area contributed by atoms with Gasteiger partial charge in [-0.05, 0) is 57.2 Å². The number of aromatic nitrogens is 1. The van der Waals surface area contributed by atoms with Crippen LogP contribution in [0.2, 0.25) is 0 Å². The van der Waals surface area contributed by atoms with Gasteiger partial charge in [0.05, 0.1) is 12.3 Å². The fourth-order valence-electron chi connectivity index (χ4n) is 3.49. The van der Waals surface area contributed by atoms with Crippen LogP contribution < -0.4 is 15.5 Å². The Morgan fingerprint density at radius 3 is 2.29 bits per heavy atom. The summed E-state index contributed by atoms with van der Waals surface area (Å²) in [4.78, 5) is 33.6. The van der Waals surface area contributed by atoms with E-state index in [1.54, 1.807) is 37.4 Å². The van der Waals surface area contributed by atoms with Crippen molar-refractivity contribution in [3.8, 4) is 0 Å². The lowest BCUT2D eigenvalue weighted by Crippen LogP contribution is -2.49. The third kappa shape index (κ3) is 5.73. The van der Waals surface area contributed by atoms with Gasteiger partial charge in [0.15, 0.2) is 5.82 Å². The minimum absolute atomic E-state index is 0.0446. The number of benzene rings is 1. The van der Waals surface area contributed by atoms with Crippen molar-refractivity contribution in [2.24, 2.45) is 0 Å². The van der Waals surface area contributed by atoms with Crippen LogP contribution in [0.15, 0.2) is 42.6 Å². The smallest absolute Gasteiger partial charge is 0.253 e. The summed E-state index contributed by atoms with van der Waals surface area (Å²) in [6.45, 7) is 8.40. The van der Waals surface area contributed by atoms with Gasteiger partial charge >= 0.3 is 0 Å². The zero-order valence-electron chi connectivity index (χ0n) is 18.3. The number of nitrogens with zero attached hydrogens (tertiary/aromatic N) is 3. The fraction of sp³-hybridized carbons (Fsp3) is 0.435. The Balaban J connectivity index is 1.60. The zero-order chi connectivity index (χ0) is 22.4. The van der Waals surface area contributed by atoms with Crippen LogP contribution in [0.25, 0.3) is 0 Å². The van der Waals surface area contributed by atoms with Crippen LogP contribution in [0.3, 0.4) is 0 Å². The second-order valence-electron chi connectivity index (χ2n) is 8.09. The molecule has 2 heterocycles. The number of pyridine rings is 1. The maximum atomic E-state index is 12.9. The summed E-state index contributed by atoms with van der Waals surface area (Å²) in [5.41, 5.74) is 2.02. The molecule has 0 radical (unpaired) electrons. The third-order valence-corrected chi connectivity index (χ3v) is 5.14. The average molecular weight is 426 g/mol. The first-order chi connectivity index (χ1) is 14.9. The molecule has 1 aliphatic rings. The quantitative estimate of drug-likeness (QED) is 0.628. The topological polar surface area (TPSA) is 97.8 Å².